The summed E-state index contributed by atoms with van der Waals surface area (Å²) >= 11 is 0. The van der Waals surface area contributed by atoms with E-state index in [1.807, 2.05) is 13.8 Å². The van der Waals surface area contributed by atoms with Gasteiger partial charge < -0.3 is 15.7 Å². The van der Waals surface area contributed by atoms with Gasteiger partial charge in [-0.25, -0.2) is 0 Å². The molecule has 1 saturated carbocycles. The zero-order valence-corrected chi connectivity index (χ0v) is 12.9. The van der Waals surface area contributed by atoms with Crippen LogP contribution >= 0.6 is 0 Å². The van der Waals surface area contributed by atoms with Crippen molar-refractivity contribution in [3.8, 4) is 12.3 Å². The predicted octanol–water partition coefficient (Wildman–Crippen LogP) is 1.39. The van der Waals surface area contributed by atoms with E-state index in [1.165, 1.54) is 0 Å². The average Bonchev–Trinajstić information content (AvgIpc) is 2.93. The second kappa shape index (κ2) is 8.04. The summed E-state index contributed by atoms with van der Waals surface area (Å²) in [5, 5.41) is 15.1. The summed E-state index contributed by atoms with van der Waals surface area (Å²) in [6, 6.07) is 0. The van der Waals surface area contributed by atoms with Crippen molar-refractivity contribution in [1.29, 1.82) is 0 Å². The molecule has 1 amide bonds. The molecule has 5 heteroatoms. The van der Waals surface area contributed by atoms with Crippen molar-refractivity contribution in [2.75, 3.05) is 13.1 Å². The smallest absolute Gasteiger partial charge is 0.306 e. The van der Waals surface area contributed by atoms with Crippen LogP contribution in [0, 0.1) is 24.2 Å². The van der Waals surface area contributed by atoms with Crippen LogP contribution < -0.4 is 10.6 Å². The molecule has 118 valence electrons. The summed E-state index contributed by atoms with van der Waals surface area (Å²) in [5.74, 6) is 1.63. The Bertz CT molecular complexity index is 410. The van der Waals surface area contributed by atoms with Gasteiger partial charge in [0.25, 0.3) is 0 Å². The van der Waals surface area contributed by atoms with Crippen molar-refractivity contribution in [3.05, 3.63) is 0 Å². The third-order valence-electron chi connectivity index (χ3n) is 4.53. The Morgan fingerprint density at radius 3 is 2.52 bits per heavy atom. The standard InChI is InChI=1S/C16H26N2O3/c1-4-16(5-2,6-3)18-14(19)11-17-10-12-8-7-9-13(12)15(20)21/h1,12-13,17H,5-11H2,2-3H3,(H,18,19)(H,20,21). The molecule has 1 aliphatic rings. The van der Waals surface area contributed by atoms with E-state index in [0.717, 1.165) is 19.3 Å². The lowest BCUT2D eigenvalue weighted by Gasteiger charge is -2.27. The molecule has 2 unspecified atom stereocenters. The Morgan fingerprint density at radius 1 is 1.33 bits per heavy atom. The Morgan fingerprint density at radius 2 is 2.00 bits per heavy atom. The van der Waals surface area contributed by atoms with Crippen molar-refractivity contribution in [3.63, 3.8) is 0 Å². The Labute approximate surface area is 126 Å². The van der Waals surface area contributed by atoms with Gasteiger partial charge in [-0.05, 0) is 38.1 Å². The van der Waals surface area contributed by atoms with Crippen LogP contribution in [-0.4, -0.2) is 35.6 Å². The number of carbonyl (C=O) groups excluding carboxylic acids is 1. The zero-order valence-electron chi connectivity index (χ0n) is 12.9. The Balaban J connectivity index is 2.37. The molecule has 0 aliphatic heterocycles. The topological polar surface area (TPSA) is 78.4 Å². The first kappa shape index (κ1) is 17.5. The van der Waals surface area contributed by atoms with Gasteiger partial charge in [-0.3, -0.25) is 9.59 Å². The number of carboxylic acid groups (broad SMARTS) is 1. The van der Waals surface area contributed by atoms with E-state index in [0.29, 0.717) is 19.4 Å². The second-order valence-corrected chi connectivity index (χ2v) is 5.75. The van der Waals surface area contributed by atoms with E-state index in [2.05, 4.69) is 16.6 Å². The van der Waals surface area contributed by atoms with Gasteiger partial charge in [-0.2, -0.15) is 0 Å². The number of carbonyl (C=O) groups is 2. The molecule has 2 atom stereocenters. The molecule has 0 aromatic carbocycles. The Hall–Kier alpha value is -1.54. The van der Waals surface area contributed by atoms with Crippen LogP contribution in [0.2, 0.25) is 0 Å². The van der Waals surface area contributed by atoms with Crippen LogP contribution in [0.25, 0.3) is 0 Å². The fourth-order valence-electron chi connectivity index (χ4n) is 2.96. The number of amides is 1. The highest BCUT2D eigenvalue weighted by Crippen LogP contribution is 2.31. The molecule has 1 aliphatic carbocycles. The van der Waals surface area contributed by atoms with Crippen molar-refractivity contribution in [2.45, 2.75) is 51.5 Å². The average molecular weight is 294 g/mol. The lowest BCUT2D eigenvalue weighted by molar-refractivity contribution is -0.142. The van der Waals surface area contributed by atoms with Gasteiger partial charge >= 0.3 is 5.97 Å². The highest BCUT2D eigenvalue weighted by atomic mass is 16.4. The molecular formula is C16H26N2O3. The van der Waals surface area contributed by atoms with Crippen LogP contribution in [0.1, 0.15) is 46.0 Å². The molecule has 0 aromatic rings. The summed E-state index contributed by atoms with van der Waals surface area (Å²) in [7, 11) is 0. The van der Waals surface area contributed by atoms with E-state index in [9.17, 15) is 9.59 Å². The normalized spacial score (nSPS) is 21.8. The van der Waals surface area contributed by atoms with Gasteiger partial charge in [0, 0.05) is 0 Å². The minimum atomic E-state index is -0.730. The molecule has 0 bridgehead atoms. The molecular weight excluding hydrogens is 268 g/mol. The lowest BCUT2D eigenvalue weighted by Crippen LogP contribution is -2.49. The number of hydrogen-bond acceptors (Lipinski definition) is 3. The number of terminal acetylenes is 1. The molecule has 0 heterocycles. The van der Waals surface area contributed by atoms with Gasteiger partial charge in [0.15, 0.2) is 0 Å². The molecule has 0 aromatic heterocycles. The van der Waals surface area contributed by atoms with Crippen molar-refractivity contribution >= 4 is 11.9 Å². The number of carboxylic acids is 1. The summed E-state index contributed by atoms with van der Waals surface area (Å²) in [4.78, 5) is 23.0. The lowest BCUT2D eigenvalue weighted by atomic mass is 9.94. The third kappa shape index (κ3) is 4.75. The molecule has 1 fully saturated rings. The van der Waals surface area contributed by atoms with Gasteiger partial charge in [0.2, 0.25) is 5.91 Å². The molecule has 5 nitrogen and oxygen atoms in total. The fraction of sp³-hybridized carbons (Fsp3) is 0.750. The van der Waals surface area contributed by atoms with Crippen LogP contribution in [0.4, 0.5) is 0 Å². The number of nitrogens with one attached hydrogen (secondary N) is 2. The Kier molecular flexibility index (Phi) is 6.70. The second-order valence-electron chi connectivity index (χ2n) is 5.75. The quantitative estimate of drug-likeness (QED) is 0.591. The molecule has 0 radical (unpaired) electrons. The van der Waals surface area contributed by atoms with Gasteiger partial charge in [0.1, 0.15) is 5.54 Å². The van der Waals surface area contributed by atoms with E-state index in [1.54, 1.807) is 0 Å². The molecule has 0 saturated heterocycles. The summed E-state index contributed by atoms with van der Waals surface area (Å²) < 4.78 is 0. The maximum Gasteiger partial charge on any atom is 0.306 e. The van der Waals surface area contributed by atoms with Crippen LogP contribution in [0.15, 0.2) is 0 Å². The van der Waals surface area contributed by atoms with Crippen LogP contribution in [0.3, 0.4) is 0 Å². The first-order valence-corrected chi connectivity index (χ1v) is 7.70. The fourth-order valence-corrected chi connectivity index (χ4v) is 2.96. The maximum atomic E-state index is 11.9. The van der Waals surface area contributed by atoms with Crippen LogP contribution in [-0.2, 0) is 9.59 Å². The first-order valence-electron chi connectivity index (χ1n) is 7.70. The monoisotopic (exact) mass is 294 g/mol. The molecule has 21 heavy (non-hydrogen) atoms. The number of rotatable bonds is 8. The number of aliphatic carboxylic acids is 1. The zero-order chi connectivity index (χ0) is 15.9. The third-order valence-corrected chi connectivity index (χ3v) is 4.53. The van der Waals surface area contributed by atoms with E-state index >= 15 is 0 Å². The highest BCUT2D eigenvalue weighted by molar-refractivity contribution is 5.79. The first-order chi connectivity index (χ1) is 9.98. The van der Waals surface area contributed by atoms with Gasteiger partial charge in [-0.1, -0.05) is 26.2 Å². The van der Waals surface area contributed by atoms with Crippen LogP contribution in [0.5, 0.6) is 0 Å². The minimum Gasteiger partial charge on any atom is -0.481 e. The predicted molar refractivity (Wildman–Crippen MR) is 81.6 cm³/mol. The molecule has 3 N–H and O–H groups in total. The largest absolute Gasteiger partial charge is 0.481 e. The van der Waals surface area contributed by atoms with E-state index < -0.39 is 11.5 Å². The molecule has 0 spiro atoms. The summed E-state index contributed by atoms with van der Waals surface area (Å²) in [6.07, 6.45) is 9.47. The van der Waals surface area contributed by atoms with Crippen molar-refractivity contribution < 1.29 is 14.7 Å². The molecule has 1 rings (SSSR count). The maximum absolute atomic E-state index is 11.9. The van der Waals surface area contributed by atoms with Gasteiger partial charge in [-0.15, -0.1) is 6.42 Å². The van der Waals surface area contributed by atoms with Gasteiger partial charge in [0.05, 0.1) is 12.5 Å². The highest BCUT2D eigenvalue weighted by Gasteiger charge is 2.32. The van der Waals surface area contributed by atoms with E-state index in [-0.39, 0.29) is 24.3 Å². The summed E-state index contributed by atoms with van der Waals surface area (Å²) in [6.45, 7) is 4.64. The minimum absolute atomic E-state index is 0.116. The van der Waals surface area contributed by atoms with Crippen molar-refractivity contribution in [2.24, 2.45) is 11.8 Å². The number of hydrogen-bond donors (Lipinski definition) is 3. The van der Waals surface area contributed by atoms with E-state index in [4.69, 9.17) is 11.5 Å². The van der Waals surface area contributed by atoms with Crippen molar-refractivity contribution in [1.82, 2.24) is 10.6 Å². The SMILES string of the molecule is C#CC(CC)(CC)NC(=O)CNCC1CCCC1C(=O)O. The summed E-state index contributed by atoms with van der Waals surface area (Å²) in [5.41, 5.74) is -0.574.